The quantitative estimate of drug-likeness (QED) is 0.260. The number of carbonyl (C=O) groups excluding carboxylic acids is 2. The highest BCUT2D eigenvalue weighted by Crippen LogP contribution is 2.29. The number of thioether (sulfide) groups is 1. The molecule has 2 amide bonds. The molecule has 38 heavy (non-hydrogen) atoms. The maximum Gasteiger partial charge on any atom is 0.243 e. The predicted molar refractivity (Wildman–Crippen MR) is 162 cm³/mol. The molecular weight excluding hydrogens is 488 g/mol. The third kappa shape index (κ3) is 8.76. The molecule has 0 aliphatic rings. The molecule has 0 spiro atoms. The molecule has 0 aromatic heterocycles. The van der Waals surface area contributed by atoms with Crippen LogP contribution >= 0.6 is 11.8 Å². The normalized spacial score (nSPS) is 14.1. The molecule has 4 nitrogen and oxygen atoms in total. The van der Waals surface area contributed by atoms with Gasteiger partial charge in [0.1, 0.15) is 6.04 Å². The molecule has 0 unspecified atom stereocenters. The highest BCUT2D eigenvalue weighted by atomic mass is 32.2. The second kappa shape index (κ2) is 13.7. The van der Waals surface area contributed by atoms with Gasteiger partial charge in [0.2, 0.25) is 11.8 Å². The average Bonchev–Trinajstić information content (AvgIpc) is 2.89. The van der Waals surface area contributed by atoms with Crippen molar-refractivity contribution in [3.05, 3.63) is 96.6 Å². The monoisotopic (exact) mass is 530 g/mol. The lowest BCUT2D eigenvalue weighted by Crippen LogP contribution is -2.53. The summed E-state index contributed by atoms with van der Waals surface area (Å²) >= 11 is 1.78. The van der Waals surface area contributed by atoms with Gasteiger partial charge in [-0.05, 0) is 40.7 Å². The Bertz CT molecular complexity index is 1210. The first-order valence-corrected chi connectivity index (χ1v) is 14.4. The van der Waals surface area contributed by atoms with Gasteiger partial charge in [0.05, 0.1) is 12.0 Å². The minimum atomic E-state index is -0.629. The van der Waals surface area contributed by atoms with E-state index in [0.29, 0.717) is 18.6 Å². The molecule has 3 aromatic carbocycles. The molecule has 0 saturated heterocycles. The van der Waals surface area contributed by atoms with Crippen molar-refractivity contribution in [3.63, 3.8) is 0 Å². The maximum atomic E-state index is 13.7. The van der Waals surface area contributed by atoms with Gasteiger partial charge in [-0.15, -0.1) is 6.58 Å². The molecule has 0 saturated carbocycles. The Morgan fingerprint density at radius 1 is 0.868 bits per heavy atom. The van der Waals surface area contributed by atoms with Crippen molar-refractivity contribution in [2.75, 3.05) is 5.75 Å². The predicted octanol–water partition coefficient (Wildman–Crippen LogP) is 6.58. The van der Waals surface area contributed by atoms with Crippen LogP contribution in [0.1, 0.15) is 45.7 Å². The average molecular weight is 531 g/mol. The third-order valence-electron chi connectivity index (χ3n) is 6.59. The number of benzene rings is 3. The zero-order valence-corrected chi connectivity index (χ0v) is 24.2. The van der Waals surface area contributed by atoms with Gasteiger partial charge < -0.3 is 10.6 Å². The Kier molecular flexibility index (Phi) is 10.6. The number of hydrogen-bond acceptors (Lipinski definition) is 3. The van der Waals surface area contributed by atoms with Crippen molar-refractivity contribution in [2.24, 2.45) is 11.8 Å². The maximum absolute atomic E-state index is 13.7. The first-order valence-electron chi connectivity index (χ1n) is 13.4. The Hall–Kier alpha value is -3.05. The van der Waals surface area contributed by atoms with Gasteiger partial charge >= 0.3 is 0 Å². The standard InChI is InChI=1S/C33H42N2O2S/c1-7-28(20-24-14-9-8-10-15-24)34-32(37)30(23(2)3)35-31(36)27(22-38-33(4,5)6)21-26-18-13-17-25-16-11-12-19-29(25)26/h7-19,23,27-28,30H,1,20-22H2,2-6H3,(H,34,37)(H,35,36)/t27-,28-,30+/m1/s1. The zero-order chi connectivity index (χ0) is 27.7. The van der Waals surface area contributed by atoms with Gasteiger partial charge in [0.15, 0.2) is 0 Å². The number of hydrogen-bond donors (Lipinski definition) is 2. The Morgan fingerprint density at radius 3 is 2.18 bits per heavy atom. The van der Waals surface area contributed by atoms with E-state index in [1.165, 1.54) is 10.8 Å². The SMILES string of the molecule is C=C[C@H](Cc1ccccc1)NC(=O)[C@@H](NC(=O)[C@@H](CSC(C)(C)C)Cc1cccc2ccccc12)C(C)C. The summed E-state index contributed by atoms with van der Waals surface area (Å²) in [6.07, 6.45) is 3.03. The Labute approximate surface area is 232 Å². The van der Waals surface area contributed by atoms with E-state index < -0.39 is 6.04 Å². The van der Waals surface area contributed by atoms with Crippen molar-refractivity contribution in [1.82, 2.24) is 10.6 Å². The highest BCUT2D eigenvalue weighted by molar-refractivity contribution is 8.00. The van der Waals surface area contributed by atoms with Crippen molar-refractivity contribution in [3.8, 4) is 0 Å². The van der Waals surface area contributed by atoms with Crippen LogP contribution < -0.4 is 10.6 Å². The van der Waals surface area contributed by atoms with E-state index in [-0.39, 0.29) is 34.4 Å². The molecule has 3 rings (SSSR count). The summed E-state index contributed by atoms with van der Waals surface area (Å²) in [7, 11) is 0. The largest absolute Gasteiger partial charge is 0.348 e. The molecule has 3 aromatic rings. The summed E-state index contributed by atoms with van der Waals surface area (Å²) in [5.41, 5.74) is 2.27. The fourth-order valence-electron chi connectivity index (χ4n) is 4.45. The van der Waals surface area contributed by atoms with Crippen LogP contribution in [0.4, 0.5) is 0 Å². The molecule has 2 N–H and O–H groups in total. The smallest absolute Gasteiger partial charge is 0.243 e. The van der Waals surface area contributed by atoms with Gasteiger partial charge in [0.25, 0.3) is 0 Å². The van der Waals surface area contributed by atoms with Crippen molar-refractivity contribution in [2.45, 2.75) is 64.3 Å². The van der Waals surface area contributed by atoms with Crippen LogP contribution in [0, 0.1) is 11.8 Å². The molecule has 0 aliphatic carbocycles. The number of rotatable bonds is 12. The van der Waals surface area contributed by atoms with E-state index in [9.17, 15) is 9.59 Å². The van der Waals surface area contributed by atoms with Gasteiger partial charge in [0, 0.05) is 10.5 Å². The van der Waals surface area contributed by atoms with E-state index in [1.54, 1.807) is 17.8 Å². The first kappa shape index (κ1) is 29.5. The second-order valence-electron chi connectivity index (χ2n) is 11.2. The highest BCUT2D eigenvalue weighted by Gasteiger charge is 2.30. The molecule has 0 radical (unpaired) electrons. The number of fused-ring (bicyclic) bond motifs is 1. The Balaban J connectivity index is 1.77. The van der Waals surface area contributed by atoms with Crippen molar-refractivity contribution in [1.29, 1.82) is 0 Å². The Morgan fingerprint density at radius 2 is 1.53 bits per heavy atom. The topological polar surface area (TPSA) is 58.2 Å². The third-order valence-corrected chi connectivity index (χ3v) is 8.03. The van der Waals surface area contributed by atoms with E-state index in [4.69, 9.17) is 0 Å². The summed E-state index contributed by atoms with van der Waals surface area (Å²) in [4.78, 5) is 27.1. The molecule has 5 heteroatoms. The summed E-state index contributed by atoms with van der Waals surface area (Å²) in [6.45, 7) is 14.3. The van der Waals surface area contributed by atoms with Crippen LogP contribution in [0.3, 0.4) is 0 Å². The van der Waals surface area contributed by atoms with E-state index in [0.717, 1.165) is 11.1 Å². The lowest BCUT2D eigenvalue weighted by atomic mass is 9.94. The lowest BCUT2D eigenvalue weighted by molar-refractivity contribution is -0.132. The van der Waals surface area contributed by atoms with Gasteiger partial charge in [-0.25, -0.2) is 0 Å². The minimum absolute atomic E-state index is 0.0285. The summed E-state index contributed by atoms with van der Waals surface area (Å²) in [6, 6.07) is 23.7. The van der Waals surface area contributed by atoms with Crippen molar-refractivity contribution < 1.29 is 9.59 Å². The molecular formula is C33H42N2O2S. The number of nitrogens with one attached hydrogen (secondary N) is 2. The van der Waals surface area contributed by atoms with Crippen LogP contribution in [0.2, 0.25) is 0 Å². The van der Waals surface area contributed by atoms with Crippen molar-refractivity contribution >= 4 is 34.3 Å². The van der Waals surface area contributed by atoms with Crippen LogP contribution in [-0.2, 0) is 22.4 Å². The van der Waals surface area contributed by atoms with E-state index in [1.807, 2.05) is 56.3 Å². The minimum Gasteiger partial charge on any atom is -0.348 e. The molecule has 0 bridgehead atoms. The zero-order valence-electron chi connectivity index (χ0n) is 23.4. The van der Waals surface area contributed by atoms with E-state index >= 15 is 0 Å². The van der Waals surface area contributed by atoms with Crippen LogP contribution in [-0.4, -0.2) is 34.4 Å². The summed E-state index contributed by atoms with van der Waals surface area (Å²) in [5.74, 6) is 0.0883. The van der Waals surface area contributed by atoms with Gasteiger partial charge in [-0.1, -0.05) is 113 Å². The fourth-order valence-corrected chi connectivity index (χ4v) is 5.42. The summed E-state index contributed by atoms with van der Waals surface area (Å²) in [5, 5.41) is 8.55. The van der Waals surface area contributed by atoms with Crippen LogP contribution in [0.15, 0.2) is 85.5 Å². The van der Waals surface area contributed by atoms with E-state index in [2.05, 4.69) is 68.3 Å². The molecule has 0 heterocycles. The van der Waals surface area contributed by atoms with Gasteiger partial charge in [-0.2, -0.15) is 11.8 Å². The second-order valence-corrected chi connectivity index (χ2v) is 13.1. The summed E-state index contributed by atoms with van der Waals surface area (Å²) < 4.78 is 0.0285. The molecule has 3 atom stereocenters. The fraction of sp³-hybridized carbons (Fsp3) is 0.394. The lowest BCUT2D eigenvalue weighted by Gasteiger charge is -2.28. The number of amides is 2. The van der Waals surface area contributed by atoms with Gasteiger partial charge in [-0.3, -0.25) is 9.59 Å². The molecule has 0 fully saturated rings. The van der Waals surface area contributed by atoms with Crippen LogP contribution in [0.25, 0.3) is 10.8 Å². The van der Waals surface area contributed by atoms with Crippen LogP contribution in [0.5, 0.6) is 0 Å². The molecule has 202 valence electrons. The molecule has 0 aliphatic heterocycles. The first-order chi connectivity index (χ1) is 18.1. The number of carbonyl (C=O) groups is 2.